The van der Waals surface area contributed by atoms with Crippen molar-refractivity contribution in [2.24, 2.45) is 5.92 Å². The van der Waals surface area contributed by atoms with Crippen LogP contribution in [-0.2, 0) is 11.0 Å². The number of hydrogen-bond donors (Lipinski definition) is 1. The van der Waals surface area contributed by atoms with Crippen molar-refractivity contribution in [1.82, 2.24) is 4.90 Å². The van der Waals surface area contributed by atoms with E-state index in [-0.39, 0.29) is 16.8 Å². The van der Waals surface area contributed by atoms with Gasteiger partial charge in [-0.3, -0.25) is 14.5 Å². The highest BCUT2D eigenvalue weighted by Crippen LogP contribution is 2.33. The second-order valence-corrected chi connectivity index (χ2v) is 6.39. The summed E-state index contributed by atoms with van der Waals surface area (Å²) in [6.45, 7) is 4.04. The van der Waals surface area contributed by atoms with Crippen molar-refractivity contribution < 1.29 is 22.8 Å². The van der Waals surface area contributed by atoms with Crippen molar-refractivity contribution in [3.8, 4) is 0 Å². The number of rotatable bonds is 4. The number of thioether (sulfide) groups is 1. The number of carbonyl (C=O) groups excluding carboxylic acids is 2. The van der Waals surface area contributed by atoms with Gasteiger partial charge in [0.1, 0.15) is 0 Å². The highest BCUT2D eigenvalue weighted by Gasteiger charge is 2.40. The number of halogens is 3. The van der Waals surface area contributed by atoms with Gasteiger partial charge in [-0.05, 0) is 35.9 Å². The molecule has 0 bridgehead atoms. The fraction of sp³-hybridized carbons (Fsp3) is 0.429. The lowest BCUT2D eigenvalue weighted by Gasteiger charge is -2.17. The second-order valence-electron chi connectivity index (χ2n) is 5.33. The number of nitrogens with one attached hydrogen (secondary N) is 1. The molecule has 1 atom stereocenters. The van der Waals surface area contributed by atoms with Crippen LogP contribution >= 0.6 is 11.8 Å². The molecule has 1 N–H and O–H groups in total. The number of benzene rings is 1. The lowest BCUT2D eigenvalue weighted by atomic mass is 10.2. The largest absolute Gasteiger partial charge is 0.416 e. The monoisotopic (exact) mass is 332 g/mol. The highest BCUT2D eigenvalue weighted by atomic mass is 32.2. The molecule has 4 nitrogen and oxygen atoms in total. The van der Waals surface area contributed by atoms with Gasteiger partial charge in [-0.15, -0.1) is 0 Å². The molecule has 1 aromatic rings. The van der Waals surface area contributed by atoms with Crippen LogP contribution in [0.4, 0.5) is 23.7 Å². The van der Waals surface area contributed by atoms with E-state index < -0.39 is 23.0 Å². The fourth-order valence-electron chi connectivity index (χ4n) is 2.00. The Morgan fingerprint density at radius 1 is 1.32 bits per heavy atom. The highest BCUT2D eigenvalue weighted by molar-refractivity contribution is 8.15. The first-order valence-corrected chi connectivity index (χ1v) is 7.52. The number of imide groups is 1. The summed E-state index contributed by atoms with van der Waals surface area (Å²) >= 11 is 0.777. The Morgan fingerprint density at radius 2 is 2.00 bits per heavy atom. The van der Waals surface area contributed by atoms with Gasteiger partial charge < -0.3 is 5.32 Å². The Bertz CT molecular complexity index is 590. The Balaban J connectivity index is 2.12. The molecule has 1 fully saturated rings. The average molecular weight is 332 g/mol. The van der Waals surface area contributed by atoms with Crippen LogP contribution in [-0.4, -0.2) is 28.0 Å². The Hall–Kier alpha value is -1.70. The summed E-state index contributed by atoms with van der Waals surface area (Å²) in [5.74, 6) is -0.304. The molecule has 0 saturated carbocycles. The molecule has 1 saturated heterocycles. The molecule has 0 radical (unpaired) electrons. The molecule has 0 unspecified atom stereocenters. The molecule has 0 aromatic heterocycles. The molecular formula is C14H15F3N2O2S. The lowest BCUT2D eigenvalue weighted by molar-refractivity contribution is -0.137. The molecule has 2 amide bonds. The predicted octanol–water partition coefficient (Wildman–Crippen LogP) is 3.79. The van der Waals surface area contributed by atoms with Crippen LogP contribution in [0, 0.1) is 5.92 Å². The van der Waals surface area contributed by atoms with Gasteiger partial charge in [0.15, 0.2) is 5.37 Å². The number of alkyl halides is 3. The number of carbonyl (C=O) groups is 2. The average Bonchev–Trinajstić information content (AvgIpc) is 2.65. The quantitative estimate of drug-likeness (QED) is 0.911. The van der Waals surface area contributed by atoms with Crippen LogP contribution in [0.2, 0.25) is 0 Å². The van der Waals surface area contributed by atoms with E-state index >= 15 is 0 Å². The summed E-state index contributed by atoms with van der Waals surface area (Å²) < 4.78 is 38.0. The van der Waals surface area contributed by atoms with Crippen molar-refractivity contribution in [1.29, 1.82) is 0 Å². The van der Waals surface area contributed by atoms with Gasteiger partial charge in [0.05, 0.1) is 5.56 Å². The van der Waals surface area contributed by atoms with Gasteiger partial charge in [0.2, 0.25) is 0 Å². The van der Waals surface area contributed by atoms with Gasteiger partial charge >= 0.3 is 6.18 Å². The topological polar surface area (TPSA) is 49.4 Å². The minimum Gasteiger partial charge on any atom is -0.365 e. The molecule has 1 aromatic carbocycles. The number of amides is 2. The van der Waals surface area contributed by atoms with E-state index in [0.717, 1.165) is 28.8 Å². The third-order valence-corrected chi connectivity index (χ3v) is 3.94. The zero-order chi connectivity index (χ0) is 16.5. The van der Waals surface area contributed by atoms with Crippen molar-refractivity contribution in [3.63, 3.8) is 0 Å². The Morgan fingerprint density at radius 3 is 2.59 bits per heavy atom. The van der Waals surface area contributed by atoms with Crippen LogP contribution in [0.1, 0.15) is 19.4 Å². The van der Waals surface area contributed by atoms with E-state index in [1.165, 1.54) is 12.1 Å². The van der Waals surface area contributed by atoms with E-state index in [9.17, 15) is 22.8 Å². The molecule has 8 heteroatoms. The van der Waals surface area contributed by atoms with Crippen LogP contribution in [0.5, 0.6) is 0 Å². The van der Waals surface area contributed by atoms with Gasteiger partial charge in [-0.2, -0.15) is 13.2 Å². The third kappa shape index (κ3) is 3.73. The third-order valence-electron chi connectivity index (χ3n) is 2.96. The van der Waals surface area contributed by atoms with E-state index in [2.05, 4.69) is 5.32 Å². The molecule has 2 rings (SSSR count). The van der Waals surface area contributed by atoms with Crippen LogP contribution in [0.15, 0.2) is 24.3 Å². The summed E-state index contributed by atoms with van der Waals surface area (Å²) in [7, 11) is 0. The summed E-state index contributed by atoms with van der Waals surface area (Å²) in [4.78, 5) is 25.1. The van der Waals surface area contributed by atoms with Crippen LogP contribution in [0.3, 0.4) is 0 Å². The van der Waals surface area contributed by atoms with Gasteiger partial charge in [-0.25, -0.2) is 0 Å². The standard InChI is InChI=1S/C14H15F3N2O2S/c1-8(2)7-19-12(20)11(22-13(19)21)18-10-5-3-4-9(6-10)14(15,16)17/h3-6,8,11,18H,7H2,1-2H3/t11-/m0/s1. The second kappa shape index (κ2) is 6.20. The van der Waals surface area contributed by atoms with Crippen molar-refractivity contribution in [2.75, 3.05) is 11.9 Å². The molecule has 0 aliphatic carbocycles. The van der Waals surface area contributed by atoms with Gasteiger partial charge in [0, 0.05) is 12.2 Å². The van der Waals surface area contributed by atoms with Gasteiger partial charge in [-0.1, -0.05) is 19.9 Å². The van der Waals surface area contributed by atoms with Crippen LogP contribution < -0.4 is 5.32 Å². The smallest absolute Gasteiger partial charge is 0.365 e. The zero-order valence-corrected chi connectivity index (χ0v) is 12.8. The molecule has 0 spiro atoms. The first-order valence-electron chi connectivity index (χ1n) is 6.64. The maximum absolute atomic E-state index is 12.7. The van der Waals surface area contributed by atoms with Crippen molar-refractivity contribution in [3.05, 3.63) is 29.8 Å². The molecule has 1 aliphatic heterocycles. The van der Waals surface area contributed by atoms with Crippen molar-refractivity contribution in [2.45, 2.75) is 25.4 Å². The minimum absolute atomic E-state index is 0.126. The van der Waals surface area contributed by atoms with Crippen molar-refractivity contribution >= 4 is 28.6 Å². The van der Waals surface area contributed by atoms with E-state index in [1.807, 2.05) is 13.8 Å². The number of hydrogen-bond acceptors (Lipinski definition) is 4. The van der Waals surface area contributed by atoms with E-state index in [0.29, 0.717) is 6.54 Å². The summed E-state index contributed by atoms with van der Waals surface area (Å²) in [5.41, 5.74) is -0.654. The predicted molar refractivity (Wildman–Crippen MR) is 78.4 cm³/mol. The first kappa shape index (κ1) is 16.7. The molecule has 120 valence electrons. The fourth-order valence-corrected chi connectivity index (χ4v) is 2.92. The number of anilines is 1. The zero-order valence-electron chi connectivity index (χ0n) is 12.0. The van der Waals surface area contributed by atoms with Gasteiger partial charge in [0.25, 0.3) is 11.1 Å². The molecule has 1 heterocycles. The lowest BCUT2D eigenvalue weighted by Crippen LogP contribution is -2.36. The van der Waals surface area contributed by atoms with Crippen LogP contribution in [0.25, 0.3) is 0 Å². The summed E-state index contributed by atoms with van der Waals surface area (Å²) in [6.07, 6.45) is -4.45. The molecule has 22 heavy (non-hydrogen) atoms. The normalized spacial score (nSPS) is 19.2. The molecular weight excluding hydrogens is 317 g/mol. The summed E-state index contributed by atoms with van der Waals surface area (Å²) in [5, 5.41) is 1.41. The minimum atomic E-state index is -4.45. The maximum atomic E-state index is 12.7. The Labute approximate surface area is 130 Å². The Kier molecular flexibility index (Phi) is 4.69. The SMILES string of the molecule is CC(C)CN1C(=O)S[C@H](Nc2cccc(C(F)(F)F)c2)C1=O. The maximum Gasteiger partial charge on any atom is 0.416 e. The van der Waals surface area contributed by atoms with E-state index in [4.69, 9.17) is 0 Å². The number of nitrogens with zero attached hydrogens (tertiary/aromatic N) is 1. The molecule has 1 aliphatic rings. The first-order chi connectivity index (χ1) is 10.2. The van der Waals surface area contributed by atoms with E-state index in [1.54, 1.807) is 0 Å². The summed E-state index contributed by atoms with van der Waals surface area (Å²) in [6, 6.07) is 4.55.